The molecule has 2 aromatic carbocycles. The van der Waals surface area contributed by atoms with Crippen molar-refractivity contribution in [1.82, 2.24) is 10.2 Å². The molecule has 9 heteroatoms. The molecule has 0 bridgehead atoms. The van der Waals surface area contributed by atoms with Crippen LogP contribution in [0, 0.1) is 5.92 Å². The first kappa shape index (κ1) is 22.9. The van der Waals surface area contributed by atoms with Crippen molar-refractivity contribution in [3.63, 3.8) is 0 Å². The van der Waals surface area contributed by atoms with Crippen molar-refractivity contribution in [2.75, 3.05) is 18.4 Å². The van der Waals surface area contributed by atoms with E-state index in [0.29, 0.717) is 41.7 Å². The van der Waals surface area contributed by atoms with Crippen molar-refractivity contribution < 1.29 is 19.5 Å². The van der Waals surface area contributed by atoms with E-state index >= 15 is 0 Å². The second kappa shape index (κ2) is 10.5. The number of urea groups is 1. The Bertz CT molecular complexity index is 947. The maximum atomic E-state index is 12.6. The summed E-state index contributed by atoms with van der Waals surface area (Å²) in [5.74, 6) is -1.71. The minimum absolute atomic E-state index is 0.215. The Morgan fingerprint density at radius 3 is 2.32 bits per heavy atom. The van der Waals surface area contributed by atoms with Crippen LogP contribution in [0.2, 0.25) is 10.0 Å². The summed E-state index contributed by atoms with van der Waals surface area (Å²) in [5, 5.41) is 15.6. The highest BCUT2D eigenvalue weighted by molar-refractivity contribution is 6.42. The number of carbonyl (C=O) groups is 3. The lowest BCUT2D eigenvalue weighted by Crippen LogP contribution is -2.48. The molecular weight excluding hydrogens is 441 g/mol. The van der Waals surface area contributed by atoms with E-state index in [-0.39, 0.29) is 24.3 Å². The van der Waals surface area contributed by atoms with Gasteiger partial charge in [-0.05, 0) is 36.6 Å². The van der Waals surface area contributed by atoms with Crippen molar-refractivity contribution in [1.29, 1.82) is 0 Å². The van der Waals surface area contributed by atoms with Gasteiger partial charge in [0.2, 0.25) is 5.91 Å². The zero-order chi connectivity index (χ0) is 22.4. The smallest absolute Gasteiger partial charge is 0.326 e. The fourth-order valence-electron chi connectivity index (χ4n) is 3.46. The van der Waals surface area contributed by atoms with Crippen molar-refractivity contribution in [2.45, 2.75) is 25.3 Å². The molecule has 1 atom stereocenters. The number of halogens is 2. The molecule has 7 nitrogen and oxygen atoms in total. The predicted octanol–water partition coefficient (Wildman–Crippen LogP) is 4.05. The largest absolute Gasteiger partial charge is 0.480 e. The van der Waals surface area contributed by atoms with Crippen LogP contribution in [0.1, 0.15) is 18.4 Å². The van der Waals surface area contributed by atoms with Crippen LogP contribution < -0.4 is 10.6 Å². The molecule has 3 N–H and O–H groups in total. The van der Waals surface area contributed by atoms with Gasteiger partial charge >= 0.3 is 12.0 Å². The Labute approximate surface area is 190 Å². The fourth-order valence-corrected chi connectivity index (χ4v) is 3.76. The van der Waals surface area contributed by atoms with E-state index in [9.17, 15) is 19.5 Å². The molecule has 0 radical (unpaired) electrons. The van der Waals surface area contributed by atoms with Gasteiger partial charge in [0, 0.05) is 31.1 Å². The molecule has 1 fully saturated rings. The molecule has 0 aliphatic carbocycles. The average Bonchev–Trinajstić information content (AvgIpc) is 2.76. The highest BCUT2D eigenvalue weighted by Gasteiger charge is 2.30. The molecule has 1 saturated heterocycles. The van der Waals surface area contributed by atoms with Crippen LogP contribution in [0.25, 0.3) is 0 Å². The molecule has 1 heterocycles. The van der Waals surface area contributed by atoms with Crippen LogP contribution in [0.15, 0.2) is 48.5 Å². The predicted molar refractivity (Wildman–Crippen MR) is 119 cm³/mol. The summed E-state index contributed by atoms with van der Waals surface area (Å²) in [7, 11) is 0. The quantitative estimate of drug-likeness (QED) is 0.601. The van der Waals surface area contributed by atoms with Crippen molar-refractivity contribution >= 4 is 46.8 Å². The van der Waals surface area contributed by atoms with Crippen LogP contribution in [0.3, 0.4) is 0 Å². The van der Waals surface area contributed by atoms with Crippen LogP contribution >= 0.6 is 23.2 Å². The third-order valence-corrected chi connectivity index (χ3v) is 5.96. The lowest BCUT2D eigenvalue weighted by molar-refractivity contribution is -0.142. The molecule has 3 rings (SSSR count). The van der Waals surface area contributed by atoms with Gasteiger partial charge in [-0.2, -0.15) is 0 Å². The molecular formula is C22H23Cl2N3O4. The van der Waals surface area contributed by atoms with E-state index in [1.54, 1.807) is 23.1 Å². The summed E-state index contributed by atoms with van der Waals surface area (Å²) >= 11 is 11.9. The van der Waals surface area contributed by atoms with Crippen molar-refractivity contribution in [3.8, 4) is 0 Å². The summed E-state index contributed by atoms with van der Waals surface area (Å²) in [5.41, 5.74) is 1.37. The Kier molecular flexibility index (Phi) is 7.76. The van der Waals surface area contributed by atoms with Gasteiger partial charge in [-0.25, -0.2) is 9.59 Å². The normalized spacial score (nSPS) is 15.2. The van der Waals surface area contributed by atoms with Crippen LogP contribution in [0.5, 0.6) is 0 Å². The van der Waals surface area contributed by atoms with Gasteiger partial charge in [0.15, 0.2) is 0 Å². The second-order valence-electron chi connectivity index (χ2n) is 7.41. The SMILES string of the molecule is O=C(N[C@@H](Cc1ccccc1)C(=O)O)C1CCN(C(=O)Nc2ccc(Cl)c(Cl)c2)CC1. The zero-order valence-electron chi connectivity index (χ0n) is 16.7. The standard InChI is InChI=1S/C22H23Cl2N3O4/c23-17-7-6-16(13-18(17)24)25-22(31)27-10-8-15(9-11-27)20(28)26-19(21(29)30)12-14-4-2-1-3-5-14/h1-7,13,15,19H,8-12H2,(H,25,31)(H,26,28)(H,29,30)/t19-/m0/s1. The first-order valence-electron chi connectivity index (χ1n) is 9.91. The highest BCUT2D eigenvalue weighted by Crippen LogP contribution is 2.25. The highest BCUT2D eigenvalue weighted by atomic mass is 35.5. The summed E-state index contributed by atoms with van der Waals surface area (Å²) in [6.07, 6.45) is 1.13. The molecule has 0 spiro atoms. The topological polar surface area (TPSA) is 98.7 Å². The molecule has 0 saturated carbocycles. The molecule has 164 valence electrons. The monoisotopic (exact) mass is 463 g/mol. The number of carboxylic acid groups (broad SMARTS) is 1. The number of aliphatic carboxylic acids is 1. The van der Waals surface area contributed by atoms with Gasteiger partial charge in [-0.1, -0.05) is 53.5 Å². The number of amides is 3. The number of piperidine rings is 1. The molecule has 1 aliphatic rings. The van der Waals surface area contributed by atoms with Gasteiger partial charge in [-0.15, -0.1) is 0 Å². The van der Waals surface area contributed by atoms with E-state index < -0.39 is 12.0 Å². The molecule has 31 heavy (non-hydrogen) atoms. The lowest BCUT2D eigenvalue weighted by Gasteiger charge is -2.32. The Hall–Kier alpha value is -2.77. The molecule has 3 amide bonds. The van der Waals surface area contributed by atoms with Gasteiger partial charge in [0.05, 0.1) is 10.0 Å². The summed E-state index contributed by atoms with van der Waals surface area (Å²) in [6.45, 7) is 0.781. The Balaban J connectivity index is 1.50. The molecule has 0 aromatic heterocycles. The average molecular weight is 464 g/mol. The Morgan fingerprint density at radius 2 is 1.71 bits per heavy atom. The van der Waals surface area contributed by atoms with Gasteiger partial charge in [0.1, 0.15) is 6.04 Å². The third-order valence-electron chi connectivity index (χ3n) is 5.22. The first-order chi connectivity index (χ1) is 14.8. The van der Waals surface area contributed by atoms with Crippen LogP contribution in [-0.4, -0.2) is 47.0 Å². The molecule has 0 unspecified atom stereocenters. The van der Waals surface area contributed by atoms with E-state index in [4.69, 9.17) is 23.2 Å². The number of likely N-dealkylation sites (tertiary alicyclic amines) is 1. The fraction of sp³-hybridized carbons (Fsp3) is 0.318. The van der Waals surface area contributed by atoms with Crippen LogP contribution in [-0.2, 0) is 16.0 Å². The van der Waals surface area contributed by atoms with E-state index in [1.807, 2.05) is 30.3 Å². The number of benzene rings is 2. The number of hydrogen-bond donors (Lipinski definition) is 3. The number of rotatable bonds is 6. The summed E-state index contributed by atoms with van der Waals surface area (Å²) < 4.78 is 0. The molecule has 2 aromatic rings. The van der Waals surface area contributed by atoms with E-state index in [0.717, 1.165) is 5.56 Å². The van der Waals surface area contributed by atoms with Crippen LogP contribution in [0.4, 0.5) is 10.5 Å². The number of nitrogens with zero attached hydrogens (tertiary/aromatic N) is 1. The maximum Gasteiger partial charge on any atom is 0.326 e. The Morgan fingerprint density at radius 1 is 1.03 bits per heavy atom. The van der Waals surface area contributed by atoms with Gasteiger partial charge < -0.3 is 20.6 Å². The number of hydrogen-bond acceptors (Lipinski definition) is 3. The zero-order valence-corrected chi connectivity index (χ0v) is 18.2. The minimum Gasteiger partial charge on any atom is -0.480 e. The van der Waals surface area contributed by atoms with Crippen molar-refractivity contribution in [2.24, 2.45) is 5.92 Å². The maximum absolute atomic E-state index is 12.6. The van der Waals surface area contributed by atoms with E-state index in [2.05, 4.69) is 10.6 Å². The number of carboxylic acids is 1. The first-order valence-corrected chi connectivity index (χ1v) is 10.7. The lowest BCUT2D eigenvalue weighted by atomic mass is 9.95. The number of carbonyl (C=O) groups excluding carboxylic acids is 2. The summed E-state index contributed by atoms with van der Waals surface area (Å²) in [4.78, 5) is 38.3. The summed E-state index contributed by atoms with van der Waals surface area (Å²) in [6, 6.07) is 12.7. The number of nitrogens with one attached hydrogen (secondary N) is 2. The molecule has 1 aliphatic heterocycles. The van der Waals surface area contributed by atoms with E-state index in [1.165, 1.54) is 0 Å². The van der Waals surface area contributed by atoms with Crippen molar-refractivity contribution in [3.05, 3.63) is 64.1 Å². The third kappa shape index (κ3) is 6.35. The van der Waals surface area contributed by atoms with Gasteiger partial charge in [-0.3, -0.25) is 4.79 Å². The van der Waals surface area contributed by atoms with Gasteiger partial charge in [0.25, 0.3) is 0 Å². The minimum atomic E-state index is -1.07. The number of anilines is 1. The second-order valence-corrected chi connectivity index (χ2v) is 8.22.